The molecule has 0 aliphatic carbocycles. The summed E-state index contributed by atoms with van der Waals surface area (Å²) in [7, 11) is -0.884. The van der Waals surface area contributed by atoms with E-state index in [2.05, 4.69) is 15.1 Å². The van der Waals surface area contributed by atoms with Crippen molar-refractivity contribution in [3.05, 3.63) is 66.0 Å². The van der Waals surface area contributed by atoms with Gasteiger partial charge in [-0.25, -0.2) is 26.6 Å². The van der Waals surface area contributed by atoms with Gasteiger partial charge in [0.2, 0.25) is 10.0 Å². The highest BCUT2D eigenvalue weighted by atomic mass is 32.2. The van der Waals surface area contributed by atoms with Gasteiger partial charge in [-0.05, 0) is 18.2 Å². The summed E-state index contributed by atoms with van der Waals surface area (Å²) in [6.07, 6.45) is 0.642. The first-order valence-corrected chi connectivity index (χ1v) is 11.1. The van der Waals surface area contributed by atoms with Crippen LogP contribution >= 0.6 is 0 Å². The van der Waals surface area contributed by atoms with Crippen molar-refractivity contribution in [2.75, 3.05) is 20.8 Å². The lowest BCUT2D eigenvalue weighted by atomic mass is 10.2. The summed E-state index contributed by atoms with van der Waals surface area (Å²) in [4.78, 5) is 0.0302. The lowest BCUT2D eigenvalue weighted by molar-refractivity contribution is 0.145. The van der Waals surface area contributed by atoms with Crippen LogP contribution in [0.25, 0.3) is 5.69 Å². The fourth-order valence-corrected chi connectivity index (χ4v) is 4.23. The molecule has 172 valence electrons. The fourth-order valence-electron chi connectivity index (χ4n) is 3.03. The van der Waals surface area contributed by atoms with Gasteiger partial charge in [0.15, 0.2) is 0 Å². The zero-order valence-electron chi connectivity index (χ0n) is 17.6. The quantitative estimate of drug-likeness (QED) is 0.451. The van der Waals surface area contributed by atoms with Gasteiger partial charge in [0, 0.05) is 36.5 Å². The molecule has 0 saturated carbocycles. The number of hydrogen-bond acceptors (Lipinski definition) is 6. The Balaban J connectivity index is 1.79. The van der Waals surface area contributed by atoms with E-state index in [0.29, 0.717) is 28.3 Å². The molecule has 0 spiro atoms. The largest absolute Gasteiger partial charge is 0.497 e. The molecule has 11 heteroatoms. The molecule has 2 aromatic carbocycles. The molecule has 0 saturated heterocycles. The second-order valence-corrected chi connectivity index (χ2v) is 8.52. The van der Waals surface area contributed by atoms with Crippen molar-refractivity contribution in [1.29, 1.82) is 0 Å². The standard InChI is InChI=1S/C21H24F2N4O4S/c1-30-17-8-7-16(19(9-17)31-2)12-26-32(28,29)20-6-4-3-5-18(20)27-14-15(11-25-27)10-24-13-21(22)23/h3-9,11,14,21,24,26H,10,12-13H2,1-2H3. The highest BCUT2D eigenvalue weighted by Crippen LogP contribution is 2.25. The van der Waals surface area contributed by atoms with E-state index >= 15 is 0 Å². The fraction of sp³-hybridized carbons (Fsp3) is 0.286. The van der Waals surface area contributed by atoms with Gasteiger partial charge < -0.3 is 14.8 Å². The van der Waals surface area contributed by atoms with Crippen LogP contribution in [0.4, 0.5) is 8.78 Å². The molecular weight excluding hydrogens is 442 g/mol. The summed E-state index contributed by atoms with van der Waals surface area (Å²) in [5.74, 6) is 1.09. The Morgan fingerprint density at radius 3 is 2.59 bits per heavy atom. The van der Waals surface area contributed by atoms with Gasteiger partial charge in [0.25, 0.3) is 6.43 Å². The van der Waals surface area contributed by atoms with Crippen molar-refractivity contribution in [3.63, 3.8) is 0 Å². The van der Waals surface area contributed by atoms with Crippen LogP contribution in [-0.4, -0.2) is 45.4 Å². The van der Waals surface area contributed by atoms with Crippen LogP contribution in [-0.2, 0) is 23.1 Å². The third-order valence-electron chi connectivity index (χ3n) is 4.61. The van der Waals surface area contributed by atoms with E-state index in [1.807, 2.05) is 0 Å². The molecule has 0 radical (unpaired) electrons. The number of alkyl halides is 2. The number of ether oxygens (including phenoxy) is 2. The molecule has 0 bridgehead atoms. The molecule has 1 heterocycles. The van der Waals surface area contributed by atoms with E-state index in [0.717, 1.165) is 0 Å². The number of nitrogens with zero attached hydrogens (tertiary/aromatic N) is 2. The number of aromatic nitrogens is 2. The van der Waals surface area contributed by atoms with Crippen molar-refractivity contribution in [2.45, 2.75) is 24.4 Å². The molecule has 0 aliphatic heterocycles. The van der Waals surface area contributed by atoms with E-state index in [4.69, 9.17) is 9.47 Å². The summed E-state index contributed by atoms with van der Waals surface area (Å²) in [6.45, 7) is -0.241. The van der Waals surface area contributed by atoms with Gasteiger partial charge in [-0.3, -0.25) is 0 Å². The molecule has 8 nitrogen and oxygen atoms in total. The minimum Gasteiger partial charge on any atom is -0.497 e. The highest BCUT2D eigenvalue weighted by Gasteiger charge is 2.20. The smallest absolute Gasteiger partial charge is 0.250 e. The van der Waals surface area contributed by atoms with Crippen LogP contribution in [0.5, 0.6) is 11.5 Å². The van der Waals surface area contributed by atoms with Crippen molar-refractivity contribution < 1.29 is 26.7 Å². The van der Waals surface area contributed by atoms with Gasteiger partial charge in [-0.2, -0.15) is 5.10 Å². The predicted molar refractivity (Wildman–Crippen MR) is 115 cm³/mol. The Bertz CT molecular complexity index is 1150. The van der Waals surface area contributed by atoms with Crippen molar-refractivity contribution in [1.82, 2.24) is 19.8 Å². The highest BCUT2D eigenvalue weighted by molar-refractivity contribution is 7.89. The normalized spacial score (nSPS) is 11.7. The summed E-state index contributed by atoms with van der Waals surface area (Å²) in [5, 5.41) is 6.80. The van der Waals surface area contributed by atoms with Crippen molar-refractivity contribution in [3.8, 4) is 17.2 Å². The number of nitrogens with one attached hydrogen (secondary N) is 2. The van der Waals surface area contributed by atoms with Crippen LogP contribution < -0.4 is 19.5 Å². The number of halogens is 2. The van der Waals surface area contributed by atoms with E-state index in [1.54, 1.807) is 42.6 Å². The number of sulfonamides is 1. The van der Waals surface area contributed by atoms with Gasteiger partial charge >= 0.3 is 0 Å². The summed E-state index contributed by atoms with van der Waals surface area (Å²) >= 11 is 0. The van der Waals surface area contributed by atoms with E-state index in [1.165, 1.54) is 31.2 Å². The zero-order valence-corrected chi connectivity index (χ0v) is 18.4. The first-order chi connectivity index (χ1) is 15.3. The predicted octanol–water partition coefficient (Wildman–Crippen LogP) is 2.72. The third-order valence-corrected chi connectivity index (χ3v) is 6.06. The monoisotopic (exact) mass is 466 g/mol. The number of benzene rings is 2. The summed E-state index contributed by atoms with van der Waals surface area (Å²) in [6, 6.07) is 11.5. The van der Waals surface area contributed by atoms with Crippen LogP contribution in [0.3, 0.4) is 0 Å². The second kappa shape index (κ2) is 10.5. The zero-order chi connectivity index (χ0) is 23.1. The third kappa shape index (κ3) is 5.81. The molecule has 3 rings (SSSR count). The first-order valence-electron chi connectivity index (χ1n) is 9.66. The maximum absolute atomic E-state index is 13.1. The molecule has 32 heavy (non-hydrogen) atoms. The van der Waals surface area contributed by atoms with Crippen LogP contribution in [0.15, 0.2) is 59.8 Å². The number of methoxy groups -OCH3 is 2. The molecule has 1 aromatic heterocycles. The first kappa shape index (κ1) is 23.6. The number of para-hydroxylation sites is 1. The van der Waals surface area contributed by atoms with Gasteiger partial charge in [0.05, 0.1) is 32.6 Å². The average molecular weight is 467 g/mol. The minimum atomic E-state index is -3.91. The van der Waals surface area contributed by atoms with E-state index in [-0.39, 0.29) is 18.0 Å². The lowest BCUT2D eigenvalue weighted by Gasteiger charge is -2.14. The molecule has 0 unspecified atom stereocenters. The van der Waals surface area contributed by atoms with Crippen LogP contribution in [0, 0.1) is 0 Å². The lowest BCUT2D eigenvalue weighted by Crippen LogP contribution is -2.25. The Morgan fingerprint density at radius 2 is 1.88 bits per heavy atom. The molecule has 0 atom stereocenters. The maximum atomic E-state index is 13.1. The van der Waals surface area contributed by atoms with Crippen molar-refractivity contribution >= 4 is 10.0 Å². The average Bonchev–Trinajstić information content (AvgIpc) is 3.26. The van der Waals surface area contributed by atoms with Gasteiger partial charge in [-0.15, -0.1) is 0 Å². The Kier molecular flexibility index (Phi) is 7.78. The topological polar surface area (TPSA) is 94.5 Å². The molecule has 0 fully saturated rings. The molecule has 2 N–H and O–H groups in total. The molecular formula is C21H24F2N4O4S. The second-order valence-electron chi connectivity index (χ2n) is 6.79. The molecule has 3 aromatic rings. The number of hydrogen-bond donors (Lipinski definition) is 2. The summed E-state index contributed by atoms with van der Waals surface area (Å²) < 4.78 is 65.2. The Labute approximate surface area is 185 Å². The SMILES string of the molecule is COc1ccc(CNS(=O)(=O)c2ccccc2-n2cc(CNCC(F)F)cn2)c(OC)c1. The van der Waals surface area contributed by atoms with Crippen LogP contribution in [0.2, 0.25) is 0 Å². The molecule has 0 aliphatic rings. The van der Waals surface area contributed by atoms with Gasteiger partial charge in [-0.1, -0.05) is 18.2 Å². The molecule has 0 amide bonds. The number of rotatable bonds is 11. The Hall–Kier alpha value is -3.02. The van der Waals surface area contributed by atoms with Gasteiger partial charge in [0.1, 0.15) is 16.4 Å². The minimum absolute atomic E-state index is 0.00570. The van der Waals surface area contributed by atoms with Crippen molar-refractivity contribution in [2.24, 2.45) is 0 Å². The van der Waals surface area contributed by atoms with E-state index < -0.39 is 23.0 Å². The Morgan fingerprint density at radius 1 is 1.09 bits per heavy atom. The van der Waals surface area contributed by atoms with E-state index in [9.17, 15) is 17.2 Å². The summed E-state index contributed by atoms with van der Waals surface area (Å²) in [5.41, 5.74) is 1.62. The maximum Gasteiger partial charge on any atom is 0.250 e. The van der Waals surface area contributed by atoms with Crippen LogP contribution in [0.1, 0.15) is 11.1 Å².